The summed E-state index contributed by atoms with van der Waals surface area (Å²) in [6.45, 7) is 3.61. The number of carbonyl (C=O) groups excluding carboxylic acids is 1. The number of benzene rings is 1. The molecular weight excluding hydrogens is 256 g/mol. The first-order chi connectivity index (χ1) is 9.72. The number of carbonyl (C=O) groups is 1. The van der Waals surface area contributed by atoms with Crippen molar-refractivity contribution in [3.8, 4) is 5.75 Å². The molecule has 5 nitrogen and oxygen atoms in total. The van der Waals surface area contributed by atoms with E-state index in [2.05, 4.69) is 10.6 Å². The van der Waals surface area contributed by atoms with Crippen molar-refractivity contribution in [3.63, 3.8) is 0 Å². The molecule has 0 bridgehead atoms. The fraction of sp³-hybridized carbons (Fsp3) is 0.533. The van der Waals surface area contributed by atoms with Crippen LogP contribution < -0.4 is 15.4 Å². The second-order valence-corrected chi connectivity index (χ2v) is 4.90. The molecule has 0 saturated carbocycles. The SMILES string of the molecule is COCCNC(=O)C(C)NC1CCOc2ccccc21. The van der Waals surface area contributed by atoms with Crippen LogP contribution in [0.4, 0.5) is 0 Å². The predicted octanol–water partition coefficient (Wildman–Crippen LogP) is 1.25. The number of methoxy groups -OCH3 is 1. The second-order valence-electron chi connectivity index (χ2n) is 4.90. The molecule has 2 N–H and O–H groups in total. The molecule has 1 aromatic rings. The van der Waals surface area contributed by atoms with E-state index in [-0.39, 0.29) is 18.0 Å². The van der Waals surface area contributed by atoms with Crippen molar-refractivity contribution in [2.75, 3.05) is 26.9 Å². The minimum Gasteiger partial charge on any atom is -0.493 e. The smallest absolute Gasteiger partial charge is 0.236 e. The Hall–Kier alpha value is -1.59. The molecule has 0 aromatic heterocycles. The largest absolute Gasteiger partial charge is 0.493 e. The number of rotatable bonds is 6. The van der Waals surface area contributed by atoms with Gasteiger partial charge in [0.2, 0.25) is 5.91 Å². The van der Waals surface area contributed by atoms with Crippen molar-refractivity contribution in [2.45, 2.75) is 25.4 Å². The number of ether oxygens (including phenoxy) is 2. The van der Waals surface area contributed by atoms with Crippen LogP contribution in [-0.2, 0) is 9.53 Å². The van der Waals surface area contributed by atoms with Gasteiger partial charge in [0, 0.05) is 31.7 Å². The first-order valence-electron chi connectivity index (χ1n) is 6.97. The quantitative estimate of drug-likeness (QED) is 0.769. The minimum absolute atomic E-state index is 0.00831. The van der Waals surface area contributed by atoms with Crippen LogP contribution in [0.1, 0.15) is 24.9 Å². The van der Waals surface area contributed by atoms with E-state index in [1.165, 1.54) is 0 Å². The first kappa shape index (κ1) is 14.8. The first-order valence-corrected chi connectivity index (χ1v) is 6.97. The van der Waals surface area contributed by atoms with Gasteiger partial charge in [0.15, 0.2) is 0 Å². The minimum atomic E-state index is -0.247. The highest BCUT2D eigenvalue weighted by atomic mass is 16.5. The number of para-hydroxylation sites is 1. The average molecular weight is 278 g/mol. The molecule has 0 aliphatic carbocycles. The van der Waals surface area contributed by atoms with Crippen LogP contribution in [0.3, 0.4) is 0 Å². The van der Waals surface area contributed by atoms with Crippen LogP contribution in [0.15, 0.2) is 24.3 Å². The highest BCUT2D eigenvalue weighted by molar-refractivity contribution is 5.81. The van der Waals surface area contributed by atoms with Crippen molar-refractivity contribution in [3.05, 3.63) is 29.8 Å². The topological polar surface area (TPSA) is 59.6 Å². The molecule has 1 heterocycles. The summed E-state index contributed by atoms with van der Waals surface area (Å²) >= 11 is 0. The van der Waals surface area contributed by atoms with Gasteiger partial charge in [-0.2, -0.15) is 0 Å². The molecule has 1 aromatic carbocycles. The molecule has 1 aliphatic rings. The maximum Gasteiger partial charge on any atom is 0.236 e. The summed E-state index contributed by atoms with van der Waals surface area (Å²) in [5.41, 5.74) is 1.12. The molecule has 0 spiro atoms. The highest BCUT2D eigenvalue weighted by Crippen LogP contribution is 2.31. The fourth-order valence-electron chi connectivity index (χ4n) is 2.32. The monoisotopic (exact) mass is 278 g/mol. The van der Waals surface area contributed by atoms with Gasteiger partial charge in [0.25, 0.3) is 0 Å². The van der Waals surface area contributed by atoms with E-state index >= 15 is 0 Å². The summed E-state index contributed by atoms with van der Waals surface area (Å²) in [7, 11) is 1.62. The van der Waals surface area contributed by atoms with Crippen molar-refractivity contribution >= 4 is 5.91 Å². The fourth-order valence-corrected chi connectivity index (χ4v) is 2.32. The zero-order valence-corrected chi connectivity index (χ0v) is 12.0. The average Bonchev–Trinajstić information content (AvgIpc) is 2.47. The van der Waals surface area contributed by atoms with E-state index in [4.69, 9.17) is 9.47 Å². The van der Waals surface area contributed by atoms with Crippen LogP contribution in [0.5, 0.6) is 5.75 Å². The van der Waals surface area contributed by atoms with Crippen LogP contribution in [0.25, 0.3) is 0 Å². The summed E-state index contributed by atoms with van der Waals surface area (Å²) in [6, 6.07) is 7.87. The summed E-state index contributed by atoms with van der Waals surface area (Å²) in [6.07, 6.45) is 0.868. The number of amides is 1. The molecule has 0 radical (unpaired) electrons. The Kier molecular flexibility index (Phi) is 5.38. The Bertz CT molecular complexity index is 450. The molecule has 0 saturated heterocycles. The molecule has 5 heteroatoms. The lowest BCUT2D eigenvalue weighted by atomic mass is 10.00. The van der Waals surface area contributed by atoms with E-state index in [9.17, 15) is 4.79 Å². The van der Waals surface area contributed by atoms with Gasteiger partial charge in [-0.15, -0.1) is 0 Å². The normalized spacial score (nSPS) is 18.8. The zero-order valence-electron chi connectivity index (χ0n) is 12.0. The Balaban J connectivity index is 1.92. The van der Waals surface area contributed by atoms with Gasteiger partial charge in [-0.25, -0.2) is 0 Å². The van der Waals surface area contributed by atoms with Crippen LogP contribution in [-0.4, -0.2) is 38.8 Å². The van der Waals surface area contributed by atoms with Gasteiger partial charge in [-0.05, 0) is 13.0 Å². The van der Waals surface area contributed by atoms with Gasteiger partial charge >= 0.3 is 0 Å². The van der Waals surface area contributed by atoms with Crippen LogP contribution >= 0.6 is 0 Å². The van der Waals surface area contributed by atoms with Gasteiger partial charge in [-0.1, -0.05) is 18.2 Å². The zero-order chi connectivity index (χ0) is 14.4. The van der Waals surface area contributed by atoms with Gasteiger partial charge < -0.3 is 14.8 Å². The lowest BCUT2D eigenvalue weighted by molar-refractivity contribution is -0.123. The third kappa shape index (κ3) is 3.71. The van der Waals surface area contributed by atoms with Crippen molar-refractivity contribution < 1.29 is 14.3 Å². The van der Waals surface area contributed by atoms with E-state index in [1.54, 1.807) is 7.11 Å². The Labute approximate surface area is 119 Å². The van der Waals surface area contributed by atoms with Gasteiger partial charge in [-0.3, -0.25) is 10.1 Å². The molecule has 20 heavy (non-hydrogen) atoms. The third-order valence-corrected chi connectivity index (χ3v) is 3.41. The summed E-state index contributed by atoms with van der Waals surface area (Å²) in [5.74, 6) is 0.897. The number of fused-ring (bicyclic) bond motifs is 1. The Morgan fingerprint density at radius 2 is 2.30 bits per heavy atom. The molecule has 110 valence electrons. The van der Waals surface area contributed by atoms with E-state index in [1.807, 2.05) is 31.2 Å². The molecule has 2 rings (SSSR count). The van der Waals surface area contributed by atoms with Crippen molar-refractivity contribution in [1.29, 1.82) is 0 Å². The lowest BCUT2D eigenvalue weighted by Gasteiger charge is -2.29. The van der Waals surface area contributed by atoms with E-state index in [0.29, 0.717) is 19.8 Å². The molecule has 1 aliphatic heterocycles. The molecule has 2 atom stereocenters. The van der Waals surface area contributed by atoms with E-state index in [0.717, 1.165) is 17.7 Å². The number of nitrogens with one attached hydrogen (secondary N) is 2. The lowest BCUT2D eigenvalue weighted by Crippen LogP contribution is -2.45. The summed E-state index contributed by atoms with van der Waals surface area (Å²) in [4.78, 5) is 11.9. The van der Waals surface area contributed by atoms with Crippen molar-refractivity contribution in [2.24, 2.45) is 0 Å². The van der Waals surface area contributed by atoms with Crippen molar-refractivity contribution in [1.82, 2.24) is 10.6 Å². The van der Waals surface area contributed by atoms with Gasteiger partial charge in [0.1, 0.15) is 5.75 Å². The molecule has 0 fully saturated rings. The third-order valence-electron chi connectivity index (χ3n) is 3.41. The Morgan fingerprint density at radius 1 is 1.50 bits per heavy atom. The van der Waals surface area contributed by atoms with Crippen LogP contribution in [0, 0.1) is 0 Å². The molecule has 1 amide bonds. The van der Waals surface area contributed by atoms with E-state index < -0.39 is 0 Å². The van der Waals surface area contributed by atoms with Crippen LogP contribution in [0.2, 0.25) is 0 Å². The summed E-state index contributed by atoms with van der Waals surface area (Å²) in [5, 5.41) is 6.21. The maximum atomic E-state index is 11.9. The second kappa shape index (κ2) is 7.26. The standard InChI is InChI=1S/C15H22N2O3/c1-11(15(18)16-8-10-19-2)17-13-7-9-20-14-6-4-3-5-12(13)14/h3-6,11,13,17H,7-10H2,1-2H3,(H,16,18). The maximum absolute atomic E-state index is 11.9. The molecule has 2 unspecified atom stereocenters. The predicted molar refractivity (Wildman–Crippen MR) is 76.8 cm³/mol. The molecular formula is C15H22N2O3. The highest BCUT2D eigenvalue weighted by Gasteiger charge is 2.24. The van der Waals surface area contributed by atoms with Gasteiger partial charge in [0.05, 0.1) is 19.3 Å². The Morgan fingerprint density at radius 3 is 3.10 bits per heavy atom. The number of hydrogen-bond donors (Lipinski definition) is 2. The number of hydrogen-bond acceptors (Lipinski definition) is 4. The summed E-state index contributed by atoms with van der Waals surface area (Å²) < 4.78 is 10.5.